The molecule has 0 fully saturated rings. The Labute approximate surface area is 89.8 Å². The third-order valence-corrected chi connectivity index (χ3v) is 2.66. The molecule has 0 spiro atoms. The molecule has 14 heavy (non-hydrogen) atoms. The van der Waals surface area contributed by atoms with Gasteiger partial charge in [0.05, 0.1) is 0 Å². The summed E-state index contributed by atoms with van der Waals surface area (Å²) in [4.78, 5) is 0. The van der Waals surface area contributed by atoms with Gasteiger partial charge in [0.25, 0.3) is 0 Å². The molecule has 0 unspecified atom stereocenters. The van der Waals surface area contributed by atoms with Gasteiger partial charge in [0.2, 0.25) is 0 Å². The Kier molecular flexibility index (Phi) is 10.5. The molecule has 0 aliphatic rings. The molecule has 1 heteroatoms. The molecule has 0 aromatic rings. The summed E-state index contributed by atoms with van der Waals surface area (Å²) in [5, 5.41) is 7.29. The monoisotopic (exact) mass is 197 g/mol. The molecule has 0 rings (SSSR count). The Bertz CT molecular complexity index is 129. The van der Waals surface area contributed by atoms with E-state index in [-0.39, 0.29) is 0 Å². The van der Waals surface area contributed by atoms with Crippen LogP contribution in [0.5, 0.6) is 0 Å². The Morgan fingerprint density at radius 1 is 0.786 bits per heavy atom. The molecule has 0 amide bonds. The van der Waals surface area contributed by atoms with Crippen LogP contribution in [0.1, 0.15) is 78.1 Å². The van der Waals surface area contributed by atoms with Crippen LogP contribution in [-0.2, 0) is 0 Å². The fraction of sp³-hybridized carbons (Fsp3) is 0.923. The van der Waals surface area contributed by atoms with Crippen LogP contribution in [0, 0.1) is 5.41 Å². The maximum Gasteiger partial charge on any atom is 0.00582 e. The zero-order chi connectivity index (χ0) is 10.6. The molecule has 0 heterocycles. The van der Waals surface area contributed by atoms with Crippen molar-refractivity contribution in [2.75, 3.05) is 0 Å². The summed E-state index contributed by atoms with van der Waals surface area (Å²) in [6.45, 7) is 4.17. The molecule has 0 aromatic carbocycles. The van der Waals surface area contributed by atoms with Crippen LogP contribution in [0.3, 0.4) is 0 Å². The highest BCUT2D eigenvalue weighted by Gasteiger charge is 1.92. The van der Waals surface area contributed by atoms with Crippen molar-refractivity contribution in [3.05, 3.63) is 0 Å². The third-order valence-electron chi connectivity index (χ3n) is 2.66. The van der Waals surface area contributed by atoms with Crippen LogP contribution in [0.15, 0.2) is 0 Å². The fourth-order valence-corrected chi connectivity index (χ4v) is 1.70. The molecule has 0 radical (unpaired) electrons. The first-order chi connectivity index (χ1) is 6.77. The summed E-state index contributed by atoms with van der Waals surface area (Å²) in [5.74, 6) is 0. The number of nitrogens with one attached hydrogen (secondary N) is 1. The summed E-state index contributed by atoms with van der Waals surface area (Å²) in [6, 6.07) is 0. The second-order valence-corrected chi connectivity index (χ2v) is 4.36. The molecule has 1 N–H and O–H groups in total. The first kappa shape index (κ1) is 13.7. The maximum atomic E-state index is 7.29. The minimum Gasteiger partial charge on any atom is -0.310 e. The normalized spacial score (nSPS) is 10.4. The van der Waals surface area contributed by atoms with E-state index in [1.54, 1.807) is 0 Å². The van der Waals surface area contributed by atoms with E-state index in [0.29, 0.717) is 0 Å². The molecule has 1 nitrogen and oxygen atoms in total. The van der Waals surface area contributed by atoms with Crippen LogP contribution in [-0.4, -0.2) is 5.71 Å². The van der Waals surface area contributed by atoms with Crippen LogP contribution >= 0.6 is 0 Å². The van der Waals surface area contributed by atoms with Gasteiger partial charge in [0.15, 0.2) is 0 Å². The Hall–Kier alpha value is -0.330. The Morgan fingerprint density at radius 3 is 1.64 bits per heavy atom. The predicted octanol–water partition coefficient (Wildman–Crippen LogP) is 4.95. The molecule has 0 bridgehead atoms. The molecule has 0 saturated carbocycles. The summed E-state index contributed by atoms with van der Waals surface area (Å²) in [7, 11) is 0. The maximum absolute atomic E-state index is 7.29. The van der Waals surface area contributed by atoms with E-state index in [2.05, 4.69) is 6.92 Å². The Morgan fingerprint density at radius 2 is 1.21 bits per heavy atom. The van der Waals surface area contributed by atoms with Crippen molar-refractivity contribution in [1.82, 2.24) is 0 Å². The predicted molar refractivity (Wildman–Crippen MR) is 65.2 cm³/mol. The van der Waals surface area contributed by atoms with E-state index in [1.807, 2.05) is 6.92 Å². The summed E-state index contributed by atoms with van der Waals surface area (Å²) in [5.41, 5.74) is 0.841. The highest BCUT2D eigenvalue weighted by Crippen LogP contribution is 2.10. The van der Waals surface area contributed by atoms with Crippen molar-refractivity contribution >= 4 is 5.71 Å². The molecular formula is C13H27N. The van der Waals surface area contributed by atoms with Crippen molar-refractivity contribution in [3.8, 4) is 0 Å². The van der Waals surface area contributed by atoms with Crippen molar-refractivity contribution in [2.24, 2.45) is 0 Å². The average Bonchev–Trinajstić information content (AvgIpc) is 2.15. The first-order valence-electron chi connectivity index (χ1n) is 6.31. The second-order valence-electron chi connectivity index (χ2n) is 4.36. The van der Waals surface area contributed by atoms with E-state index in [1.165, 1.54) is 57.8 Å². The second kappa shape index (κ2) is 10.7. The highest BCUT2D eigenvalue weighted by atomic mass is 14.4. The molecule has 0 saturated heterocycles. The number of hydrogen-bond donors (Lipinski definition) is 1. The molecule has 84 valence electrons. The van der Waals surface area contributed by atoms with E-state index in [9.17, 15) is 0 Å². The molecule has 0 aliphatic heterocycles. The van der Waals surface area contributed by atoms with Gasteiger partial charge < -0.3 is 5.41 Å². The number of rotatable bonds is 10. The van der Waals surface area contributed by atoms with Crippen LogP contribution in [0.4, 0.5) is 0 Å². The van der Waals surface area contributed by atoms with Crippen molar-refractivity contribution < 1.29 is 0 Å². The number of hydrogen-bond acceptors (Lipinski definition) is 1. The van der Waals surface area contributed by atoms with E-state index >= 15 is 0 Å². The van der Waals surface area contributed by atoms with Gasteiger partial charge in [0, 0.05) is 5.71 Å². The van der Waals surface area contributed by atoms with Gasteiger partial charge >= 0.3 is 0 Å². The largest absolute Gasteiger partial charge is 0.310 e. The minimum absolute atomic E-state index is 0.841. The summed E-state index contributed by atoms with van der Waals surface area (Å²) >= 11 is 0. The van der Waals surface area contributed by atoms with Crippen LogP contribution < -0.4 is 0 Å². The highest BCUT2D eigenvalue weighted by molar-refractivity contribution is 5.78. The van der Waals surface area contributed by atoms with Crippen molar-refractivity contribution in [1.29, 1.82) is 5.41 Å². The summed E-state index contributed by atoms with van der Waals surface area (Å²) in [6.07, 6.45) is 13.4. The summed E-state index contributed by atoms with van der Waals surface area (Å²) < 4.78 is 0. The zero-order valence-corrected chi connectivity index (χ0v) is 10.1. The molecule has 0 aromatic heterocycles. The minimum atomic E-state index is 0.841. The lowest BCUT2D eigenvalue weighted by Gasteiger charge is -2.01. The third kappa shape index (κ3) is 11.7. The lowest BCUT2D eigenvalue weighted by atomic mass is 10.1. The van der Waals surface area contributed by atoms with Crippen molar-refractivity contribution in [2.45, 2.75) is 78.1 Å². The lowest BCUT2D eigenvalue weighted by Crippen LogP contribution is -1.88. The standard InChI is InChI=1S/C13H27N/c1-3-4-5-6-7-8-9-10-11-12-13(2)14/h14H,3-12H2,1-2H3. The van der Waals surface area contributed by atoms with Gasteiger partial charge in [-0.15, -0.1) is 0 Å². The van der Waals surface area contributed by atoms with Gasteiger partial charge in [-0.3, -0.25) is 0 Å². The zero-order valence-electron chi connectivity index (χ0n) is 10.1. The van der Waals surface area contributed by atoms with Gasteiger partial charge in [0.1, 0.15) is 0 Å². The quantitative estimate of drug-likeness (QED) is 0.378. The first-order valence-corrected chi connectivity index (χ1v) is 6.31. The van der Waals surface area contributed by atoms with E-state index in [4.69, 9.17) is 5.41 Å². The van der Waals surface area contributed by atoms with Gasteiger partial charge in [-0.25, -0.2) is 0 Å². The van der Waals surface area contributed by atoms with Gasteiger partial charge in [-0.05, 0) is 19.8 Å². The Balaban J connectivity index is 2.88. The van der Waals surface area contributed by atoms with Crippen molar-refractivity contribution in [3.63, 3.8) is 0 Å². The topological polar surface area (TPSA) is 23.9 Å². The molecule has 0 atom stereocenters. The molecule has 0 aliphatic carbocycles. The fourth-order valence-electron chi connectivity index (χ4n) is 1.70. The number of unbranched alkanes of at least 4 members (excludes halogenated alkanes) is 8. The average molecular weight is 197 g/mol. The van der Waals surface area contributed by atoms with E-state index < -0.39 is 0 Å². The van der Waals surface area contributed by atoms with Gasteiger partial charge in [-0.2, -0.15) is 0 Å². The smallest absolute Gasteiger partial charge is 0.00582 e. The molecular weight excluding hydrogens is 170 g/mol. The van der Waals surface area contributed by atoms with Gasteiger partial charge in [-0.1, -0.05) is 58.3 Å². The van der Waals surface area contributed by atoms with E-state index in [0.717, 1.165) is 12.1 Å². The van der Waals surface area contributed by atoms with Crippen LogP contribution in [0.25, 0.3) is 0 Å². The SMILES string of the molecule is CCCCCCCCCCCC(C)=N. The lowest BCUT2D eigenvalue weighted by molar-refractivity contribution is 0.568. The van der Waals surface area contributed by atoms with Crippen LogP contribution in [0.2, 0.25) is 0 Å².